The standard InChI is InChI=1S/C14H13FN2O2/c1-2-14(18)13-8-10(5-6-17-13)19-9-3-4-12(16)11(15)7-9/h3-8H,2,16H2,1H3. The first kappa shape index (κ1) is 13.0. The third kappa shape index (κ3) is 3.07. The van der Waals surface area contributed by atoms with Crippen molar-refractivity contribution in [1.82, 2.24) is 4.98 Å². The summed E-state index contributed by atoms with van der Waals surface area (Å²) in [7, 11) is 0. The number of pyridine rings is 1. The number of carbonyl (C=O) groups excluding carboxylic acids is 1. The zero-order valence-corrected chi connectivity index (χ0v) is 10.4. The Hall–Kier alpha value is -2.43. The predicted octanol–water partition coefficient (Wildman–Crippen LogP) is 3.19. The maximum Gasteiger partial charge on any atom is 0.181 e. The van der Waals surface area contributed by atoms with Crippen molar-refractivity contribution >= 4 is 11.5 Å². The second-order valence-corrected chi connectivity index (χ2v) is 3.94. The molecule has 2 rings (SSSR count). The predicted molar refractivity (Wildman–Crippen MR) is 69.7 cm³/mol. The van der Waals surface area contributed by atoms with Crippen LogP contribution in [0.25, 0.3) is 0 Å². The molecule has 0 bridgehead atoms. The number of anilines is 1. The number of nitrogen functional groups attached to an aromatic ring is 1. The Labute approximate surface area is 110 Å². The van der Waals surface area contributed by atoms with E-state index >= 15 is 0 Å². The second kappa shape index (κ2) is 5.48. The zero-order valence-electron chi connectivity index (χ0n) is 10.4. The van der Waals surface area contributed by atoms with Crippen LogP contribution >= 0.6 is 0 Å². The smallest absolute Gasteiger partial charge is 0.181 e. The third-order valence-electron chi connectivity index (χ3n) is 2.55. The number of nitrogens with zero attached hydrogens (tertiary/aromatic N) is 1. The first-order valence-corrected chi connectivity index (χ1v) is 5.82. The number of ketones is 1. The normalized spacial score (nSPS) is 10.2. The lowest BCUT2D eigenvalue weighted by atomic mass is 10.2. The van der Waals surface area contributed by atoms with Gasteiger partial charge in [0, 0.05) is 24.8 Å². The van der Waals surface area contributed by atoms with E-state index in [-0.39, 0.29) is 11.5 Å². The van der Waals surface area contributed by atoms with E-state index in [1.54, 1.807) is 19.1 Å². The highest BCUT2D eigenvalue weighted by Gasteiger charge is 2.07. The largest absolute Gasteiger partial charge is 0.457 e. The van der Waals surface area contributed by atoms with E-state index in [9.17, 15) is 9.18 Å². The molecule has 0 aliphatic rings. The summed E-state index contributed by atoms with van der Waals surface area (Å²) in [5.41, 5.74) is 5.77. The van der Waals surface area contributed by atoms with Crippen molar-refractivity contribution in [2.45, 2.75) is 13.3 Å². The average molecular weight is 260 g/mol. The molecule has 2 N–H and O–H groups in total. The molecule has 2 aromatic rings. The number of hydrogen-bond donors (Lipinski definition) is 1. The molecule has 1 heterocycles. The SMILES string of the molecule is CCC(=O)c1cc(Oc2ccc(N)c(F)c2)ccn1. The molecule has 0 fully saturated rings. The molecule has 0 saturated heterocycles. The van der Waals surface area contributed by atoms with Crippen LogP contribution < -0.4 is 10.5 Å². The highest BCUT2D eigenvalue weighted by Crippen LogP contribution is 2.24. The van der Waals surface area contributed by atoms with Gasteiger partial charge in [0.2, 0.25) is 0 Å². The maximum absolute atomic E-state index is 13.3. The molecule has 0 amide bonds. The van der Waals surface area contributed by atoms with Crippen LogP contribution in [0.1, 0.15) is 23.8 Å². The molecule has 5 heteroatoms. The minimum absolute atomic E-state index is 0.0592. The van der Waals surface area contributed by atoms with Crippen LogP contribution in [0, 0.1) is 5.82 Å². The van der Waals surface area contributed by atoms with E-state index in [2.05, 4.69) is 4.98 Å². The van der Waals surface area contributed by atoms with E-state index in [1.165, 1.54) is 24.4 Å². The highest BCUT2D eigenvalue weighted by atomic mass is 19.1. The van der Waals surface area contributed by atoms with Crippen LogP contribution in [0.4, 0.5) is 10.1 Å². The molecular weight excluding hydrogens is 247 g/mol. The van der Waals surface area contributed by atoms with Crippen molar-refractivity contribution in [3.63, 3.8) is 0 Å². The van der Waals surface area contributed by atoms with Gasteiger partial charge in [-0.15, -0.1) is 0 Å². The molecule has 19 heavy (non-hydrogen) atoms. The van der Waals surface area contributed by atoms with Crippen LogP contribution in [0.3, 0.4) is 0 Å². The average Bonchev–Trinajstić information content (AvgIpc) is 2.42. The number of aromatic nitrogens is 1. The van der Waals surface area contributed by atoms with Gasteiger partial charge in [-0.1, -0.05) is 6.92 Å². The number of ether oxygens (including phenoxy) is 1. The summed E-state index contributed by atoms with van der Waals surface area (Å²) in [6.45, 7) is 1.76. The number of hydrogen-bond acceptors (Lipinski definition) is 4. The molecule has 98 valence electrons. The number of nitrogens with two attached hydrogens (primary N) is 1. The number of halogens is 1. The van der Waals surface area contributed by atoms with Crippen molar-refractivity contribution in [3.05, 3.63) is 48.0 Å². The van der Waals surface area contributed by atoms with Gasteiger partial charge in [0.25, 0.3) is 0 Å². The number of rotatable bonds is 4. The minimum Gasteiger partial charge on any atom is -0.457 e. The lowest BCUT2D eigenvalue weighted by Crippen LogP contribution is -2.00. The van der Waals surface area contributed by atoms with Crippen LogP contribution in [-0.4, -0.2) is 10.8 Å². The van der Waals surface area contributed by atoms with Gasteiger partial charge in [-0.2, -0.15) is 0 Å². The van der Waals surface area contributed by atoms with Gasteiger partial charge in [-0.25, -0.2) is 4.39 Å². The van der Waals surface area contributed by atoms with Crippen molar-refractivity contribution in [3.8, 4) is 11.5 Å². The molecular formula is C14H13FN2O2. The maximum atomic E-state index is 13.3. The van der Waals surface area contributed by atoms with Crippen LogP contribution in [0.2, 0.25) is 0 Å². The molecule has 0 aliphatic carbocycles. The van der Waals surface area contributed by atoms with Crippen molar-refractivity contribution in [2.75, 3.05) is 5.73 Å². The van der Waals surface area contributed by atoms with Crippen molar-refractivity contribution in [1.29, 1.82) is 0 Å². The molecule has 0 unspecified atom stereocenters. The molecule has 0 radical (unpaired) electrons. The molecule has 0 saturated carbocycles. The number of Topliss-reactive ketones (excluding diaryl/α,β-unsaturated/α-hetero) is 1. The summed E-state index contributed by atoms with van der Waals surface area (Å²) in [5, 5.41) is 0. The Kier molecular flexibility index (Phi) is 3.75. The van der Waals surface area contributed by atoms with Gasteiger partial charge >= 0.3 is 0 Å². The minimum atomic E-state index is -0.545. The van der Waals surface area contributed by atoms with Crippen LogP contribution in [0.5, 0.6) is 11.5 Å². The molecule has 1 aromatic heterocycles. The summed E-state index contributed by atoms with van der Waals surface area (Å²) >= 11 is 0. The van der Waals surface area contributed by atoms with Crippen molar-refractivity contribution in [2.24, 2.45) is 0 Å². The first-order valence-electron chi connectivity index (χ1n) is 5.82. The summed E-state index contributed by atoms with van der Waals surface area (Å²) in [4.78, 5) is 15.5. The van der Waals surface area contributed by atoms with E-state index in [0.29, 0.717) is 23.6 Å². The Balaban J connectivity index is 2.23. The fourth-order valence-electron chi connectivity index (χ4n) is 1.52. The fourth-order valence-corrected chi connectivity index (χ4v) is 1.52. The summed E-state index contributed by atoms with van der Waals surface area (Å²) in [6, 6.07) is 7.29. The van der Waals surface area contributed by atoms with Gasteiger partial charge < -0.3 is 10.5 Å². The Morgan fingerprint density at radius 3 is 2.74 bits per heavy atom. The van der Waals surface area contributed by atoms with E-state index in [0.717, 1.165) is 0 Å². The lowest BCUT2D eigenvalue weighted by Gasteiger charge is -2.07. The monoisotopic (exact) mass is 260 g/mol. The third-order valence-corrected chi connectivity index (χ3v) is 2.55. The van der Waals surface area contributed by atoms with Gasteiger partial charge in [0.05, 0.1) is 5.69 Å². The molecule has 1 aromatic carbocycles. The second-order valence-electron chi connectivity index (χ2n) is 3.94. The number of carbonyl (C=O) groups is 1. The van der Waals surface area contributed by atoms with Gasteiger partial charge in [-0.05, 0) is 18.2 Å². The number of benzene rings is 1. The summed E-state index contributed by atoms with van der Waals surface area (Å²) < 4.78 is 18.7. The van der Waals surface area contributed by atoms with Gasteiger partial charge in [-0.3, -0.25) is 9.78 Å². The first-order chi connectivity index (χ1) is 9.10. The summed E-state index contributed by atoms with van der Waals surface area (Å²) in [6.07, 6.45) is 1.85. The molecule has 0 aliphatic heterocycles. The van der Waals surface area contributed by atoms with E-state index < -0.39 is 5.82 Å². The molecule has 0 spiro atoms. The van der Waals surface area contributed by atoms with Crippen LogP contribution in [-0.2, 0) is 0 Å². The Morgan fingerprint density at radius 1 is 1.32 bits per heavy atom. The van der Waals surface area contributed by atoms with E-state index in [1.807, 2.05) is 0 Å². The zero-order chi connectivity index (χ0) is 13.8. The van der Waals surface area contributed by atoms with Gasteiger partial charge in [0.1, 0.15) is 23.0 Å². The van der Waals surface area contributed by atoms with Gasteiger partial charge in [0.15, 0.2) is 5.78 Å². The van der Waals surface area contributed by atoms with E-state index in [4.69, 9.17) is 10.5 Å². The van der Waals surface area contributed by atoms with Crippen molar-refractivity contribution < 1.29 is 13.9 Å². The Bertz CT molecular complexity index is 614. The fraction of sp³-hybridized carbons (Fsp3) is 0.143. The quantitative estimate of drug-likeness (QED) is 0.677. The topological polar surface area (TPSA) is 65.2 Å². The Morgan fingerprint density at radius 2 is 2.05 bits per heavy atom. The summed E-state index contributed by atoms with van der Waals surface area (Å²) in [5.74, 6) is 0.120. The lowest BCUT2D eigenvalue weighted by molar-refractivity contribution is 0.0983. The van der Waals surface area contributed by atoms with Crippen LogP contribution in [0.15, 0.2) is 36.5 Å². The molecule has 0 atom stereocenters. The molecule has 4 nitrogen and oxygen atoms in total. The highest BCUT2D eigenvalue weighted by molar-refractivity contribution is 5.94.